The van der Waals surface area contributed by atoms with Crippen LogP contribution in [0.2, 0.25) is 0 Å². The second-order valence-corrected chi connectivity index (χ2v) is 4.47. The van der Waals surface area contributed by atoms with Crippen molar-refractivity contribution in [2.24, 2.45) is 0 Å². The SMILES string of the molecule is CCCCOc1ccc(-c2onc(CO)c2C)cc1. The lowest BCUT2D eigenvalue weighted by atomic mass is 10.1. The lowest BCUT2D eigenvalue weighted by Gasteiger charge is -2.05. The Morgan fingerprint density at radius 1 is 1.26 bits per heavy atom. The first-order chi connectivity index (χ1) is 9.26. The van der Waals surface area contributed by atoms with Crippen LogP contribution in [0.3, 0.4) is 0 Å². The van der Waals surface area contributed by atoms with Gasteiger partial charge in [-0.1, -0.05) is 18.5 Å². The third kappa shape index (κ3) is 3.15. The van der Waals surface area contributed by atoms with Crippen molar-refractivity contribution in [1.29, 1.82) is 0 Å². The number of aromatic nitrogens is 1. The summed E-state index contributed by atoms with van der Waals surface area (Å²) in [6.07, 6.45) is 2.18. The van der Waals surface area contributed by atoms with Crippen LogP contribution in [0.25, 0.3) is 11.3 Å². The van der Waals surface area contributed by atoms with Crippen molar-refractivity contribution < 1.29 is 14.4 Å². The van der Waals surface area contributed by atoms with Gasteiger partial charge in [-0.15, -0.1) is 0 Å². The number of hydrogen-bond acceptors (Lipinski definition) is 4. The molecule has 0 saturated heterocycles. The normalized spacial score (nSPS) is 10.7. The highest BCUT2D eigenvalue weighted by Gasteiger charge is 2.12. The fraction of sp³-hybridized carbons (Fsp3) is 0.400. The molecule has 0 aliphatic heterocycles. The molecule has 0 spiro atoms. The Kier molecular flexibility index (Phi) is 4.58. The Morgan fingerprint density at radius 2 is 2.00 bits per heavy atom. The van der Waals surface area contributed by atoms with Gasteiger partial charge < -0.3 is 14.4 Å². The Balaban J connectivity index is 2.11. The summed E-state index contributed by atoms with van der Waals surface area (Å²) in [7, 11) is 0. The first-order valence-corrected chi connectivity index (χ1v) is 6.55. The van der Waals surface area contributed by atoms with Gasteiger partial charge >= 0.3 is 0 Å². The Labute approximate surface area is 113 Å². The van der Waals surface area contributed by atoms with E-state index in [1.165, 1.54) is 0 Å². The maximum Gasteiger partial charge on any atom is 0.170 e. The van der Waals surface area contributed by atoms with Gasteiger partial charge in [0.25, 0.3) is 0 Å². The van der Waals surface area contributed by atoms with E-state index in [-0.39, 0.29) is 6.61 Å². The largest absolute Gasteiger partial charge is 0.494 e. The van der Waals surface area contributed by atoms with Crippen molar-refractivity contribution >= 4 is 0 Å². The van der Waals surface area contributed by atoms with Gasteiger partial charge in [0, 0.05) is 11.1 Å². The average molecular weight is 261 g/mol. The zero-order chi connectivity index (χ0) is 13.7. The van der Waals surface area contributed by atoms with E-state index in [1.54, 1.807) is 0 Å². The molecule has 0 unspecified atom stereocenters. The first-order valence-electron chi connectivity index (χ1n) is 6.55. The fourth-order valence-corrected chi connectivity index (χ4v) is 1.82. The van der Waals surface area contributed by atoms with Gasteiger partial charge in [-0.2, -0.15) is 0 Å². The smallest absolute Gasteiger partial charge is 0.170 e. The zero-order valence-electron chi connectivity index (χ0n) is 11.3. The van der Waals surface area contributed by atoms with E-state index in [4.69, 9.17) is 14.4 Å². The number of benzene rings is 1. The average Bonchev–Trinajstić information content (AvgIpc) is 2.81. The maximum absolute atomic E-state index is 9.10. The quantitative estimate of drug-likeness (QED) is 0.810. The molecule has 19 heavy (non-hydrogen) atoms. The highest BCUT2D eigenvalue weighted by atomic mass is 16.5. The van der Waals surface area contributed by atoms with Crippen molar-refractivity contribution in [2.75, 3.05) is 6.61 Å². The van der Waals surface area contributed by atoms with Crippen LogP contribution in [0.5, 0.6) is 5.75 Å². The van der Waals surface area contributed by atoms with E-state index in [2.05, 4.69) is 12.1 Å². The van der Waals surface area contributed by atoms with E-state index in [0.29, 0.717) is 11.5 Å². The van der Waals surface area contributed by atoms with Gasteiger partial charge in [-0.25, -0.2) is 0 Å². The molecule has 0 fully saturated rings. The predicted molar refractivity (Wildman–Crippen MR) is 73.0 cm³/mol. The molecule has 1 aromatic carbocycles. The van der Waals surface area contributed by atoms with E-state index in [0.717, 1.165) is 36.3 Å². The summed E-state index contributed by atoms with van der Waals surface area (Å²) in [6.45, 7) is 4.67. The molecule has 0 saturated carbocycles. The van der Waals surface area contributed by atoms with Gasteiger partial charge in [0.1, 0.15) is 11.4 Å². The summed E-state index contributed by atoms with van der Waals surface area (Å²) < 4.78 is 10.9. The Morgan fingerprint density at radius 3 is 2.58 bits per heavy atom. The summed E-state index contributed by atoms with van der Waals surface area (Å²) in [6, 6.07) is 7.73. The van der Waals surface area contributed by atoms with Crippen LogP contribution in [0.1, 0.15) is 31.0 Å². The molecule has 4 nitrogen and oxygen atoms in total. The number of aliphatic hydroxyl groups is 1. The highest BCUT2D eigenvalue weighted by molar-refractivity contribution is 5.62. The molecule has 0 bridgehead atoms. The minimum Gasteiger partial charge on any atom is -0.494 e. The molecule has 1 N–H and O–H groups in total. The lowest BCUT2D eigenvalue weighted by Crippen LogP contribution is -1.95. The monoisotopic (exact) mass is 261 g/mol. The van der Waals surface area contributed by atoms with Crippen molar-refractivity contribution in [3.8, 4) is 17.1 Å². The van der Waals surface area contributed by atoms with Gasteiger partial charge in [0.05, 0.1) is 13.2 Å². The van der Waals surface area contributed by atoms with Crippen LogP contribution in [0.4, 0.5) is 0 Å². The van der Waals surface area contributed by atoms with Crippen LogP contribution < -0.4 is 4.74 Å². The third-order valence-corrected chi connectivity index (χ3v) is 3.05. The molecular weight excluding hydrogens is 242 g/mol. The zero-order valence-corrected chi connectivity index (χ0v) is 11.3. The van der Waals surface area contributed by atoms with Gasteiger partial charge in [-0.05, 0) is 37.6 Å². The van der Waals surface area contributed by atoms with Crippen LogP contribution in [-0.4, -0.2) is 16.9 Å². The summed E-state index contributed by atoms with van der Waals surface area (Å²) in [5.74, 6) is 1.56. The van der Waals surface area contributed by atoms with Gasteiger partial charge in [-0.3, -0.25) is 0 Å². The minimum atomic E-state index is -0.104. The van der Waals surface area contributed by atoms with E-state index >= 15 is 0 Å². The van der Waals surface area contributed by atoms with E-state index < -0.39 is 0 Å². The molecule has 0 amide bonds. The highest BCUT2D eigenvalue weighted by Crippen LogP contribution is 2.27. The Hall–Kier alpha value is -1.81. The molecular formula is C15H19NO3. The van der Waals surface area contributed by atoms with Gasteiger partial charge in [0.15, 0.2) is 5.76 Å². The number of rotatable bonds is 6. The number of ether oxygens (including phenoxy) is 1. The second kappa shape index (κ2) is 6.38. The van der Waals surface area contributed by atoms with Crippen LogP contribution in [0.15, 0.2) is 28.8 Å². The third-order valence-electron chi connectivity index (χ3n) is 3.05. The molecule has 1 aromatic heterocycles. The van der Waals surface area contributed by atoms with Crippen molar-refractivity contribution in [3.63, 3.8) is 0 Å². The number of nitrogens with zero attached hydrogens (tertiary/aromatic N) is 1. The molecule has 0 radical (unpaired) electrons. The minimum absolute atomic E-state index is 0.104. The standard InChI is InChI=1S/C15H19NO3/c1-3-4-9-18-13-7-5-12(6-8-13)15-11(2)14(10-17)16-19-15/h5-8,17H,3-4,9-10H2,1-2H3. The molecule has 1 heterocycles. The number of aliphatic hydroxyl groups excluding tert-OH is 1. The molecule has 0 aliphatic rings. The summed E-state index contributed by atoms with van der Waals surface area (Å²) in [5, 5.41) is 12.9. The fourth-order valence-electron chi connectivity index (χ4n) is 1.82. The first kappa shape index (κ1) is 13.6. The predicted octanol–water partition coefficient (Wildman–Crippen LogP) is 3.32. The Bertz CT molecular complexity index is 517. The summed E-state index contributed by atoms with van der Waals surface area (Å²) in [4.78, 5) is 0. The number of unbranched alkanes of at least 4 members (excludes halogenated alkanes) is 1. The van der Waals surface area contributed by atoms with Crippen molar-refractivity contribution in [1.82, 2.24) is 5.16 Å². The summed E-state index contributed by atoms with van der Waals surface area (Å²) >= 11 is 0. The molecule has 2 rings (SSSR count). The molecule has 102 valence electrons. The van der Waals surface area contributed by atoms with E-state index in [1.807, 2.05) is 31.2 Å². The van der Waals surface area contributed by atoms with Crippen molar-refractivity contribution in [3.05, 3.63) is 35.5 Å². The topological polar surface area (TPSA) is 55.5 Å². The van der Waals surface area contributed by atoms with Crippen LogP contribution in [-0.2, 0) is 6.61 Å². The number of hydrogen-bond donors (Lipinski definition) is 1. The molecule has 2 aromatic rings. The second-order valence-electron chi connectivity index (χ2n) is 4.47. The van der Waals surface area contributed by atoms with Crippen LogP contribution >= 0.6 is 0 Å². The molecule has 0 aliphatic carbocycles. The van der Waals surface area contributed by atoms with Crippen molar-refractivity contribution in [2.45, 2.75) is 33.3 Å². The van der Waals surface area contributed by atoms with Gasteiger partial charge in [0.2, 0.25) is 0 Å². The molecule has 0 atom stereocenters. The lowest BCUT2D eigenvalue weighted by molar-refractivity contribution is 0.266. The summed E-state index contributed by atoms with van der Waals surface area (Å²) in [5.41, 5.74) is 2.40. The molecule has 4 heteroatoms. The maximum atomic E-state index is 9.10. The van der Waals surface area contributed by atoms with E-state index in [9.17, 15) is 0 Å². The van der Waals surface area contributed by atoms with Crippen LogP contribution in [0, 0.1) is 6.92 Å².